The second-order valence-corrected chi connectivity index (χ2v) is 7.78. The molecular formula is C21H22ClN3O. The summed E-state index contributed by atoms with van der Waals surface area (Å²) in [5.41, 5.74) is 3.61. The highest BCUT2D eigenvalue weighted by Gasteiger charge is 2.15. The summed E-state index contributed by atoms with van der Waals surface area (Å²) in [4.78, 5) is 12.5. The fraction of sp³-hybridized carbons (Fsp3) is 0.238. The molecule has 26 heavy (non-hydrogen) atoms. The molecule has 1 amide bonds. The predicted molar refractivity (Wildman–Crippen MR) is 106 cm³/mol. The third-order valence-electron chi connectivity index (χ3n) is 4.19. The first-order valence-electron chi connectivity index (χ1n) is 8.48. The van der Waals surface area contributed by atoms with Crippen LogP contribution in [0.5, 0.6) is 0 Å². The van der Waals surface area contributed by atoms with Crippen LogP contribution < -0.4 is 5.32 Å². The lowest BCUT2D eigenvalue weighted by molar-refractivity contribution is 0.102. The van der Waals surface area contributed by atoms with Crippen LogP contribution in [0.3, 0.4) is 0 Å². The number of rotatable bonds is 3. The van der Waals surface area contributed by atoms with E-state index in [-0.39, 0.29) is 11.3 Å². The number of hydrogen-bond acceptors (Lipinski definition) is 2. The number of halogens is 1. The van der Waals surface area contributed by atoms with Crippen molar-refractivity contribution in [1.82, 2.24) is 9.78 Å². The van der Waals surface area contributed by atoms with E-state index in [0.717, 1.165) is 11.4 Å². The maximum atomic E-state index is 12.5. The van der Waals surface area contributed by atoms with Gasteiger partial charge in [0.2, 0.25) is 0 Å². The molecule has 0 atom stereocenters. The average Bonchev–Trinajstić information content (AvgIpc) is 2.94. The quantitative estimate of drug-likeness (QED) is 0.675. The van der Waals surface area contributed by atoms with Gasteiger partial charge in [-0.2, -0.15) is 0 Å². The highest BCUT2D eigenvalue weighted by Crippen LogP contribution is 2.23. The lowest BCUT2D eigenvalue weighted by atomic mass is 9.87. The molecule has 0 aliphatic carbocycles. The molecule has 0 radical (unpaired) electrons. The van der Waals surface area contributed by atoms with Crippen LogP contribution in [0.15, 0.2) is 54.6 Å². The minimum absolute atomic E-state index is 0.0574. The molecule has 1 aromatic heterocycles. The minimum Gasteiger partial charge on any atom is -0.305 e. The summed E-state index contributed by atoms with van der Waals surface area (Å²) in [6.07, 6.45) is 0. The molecule has 3 aromatic rings. The molecule has 0 saturated carbocycles. The molecule has 0 saturated heterocycles. The van der Waals surface area contributed by atoms with Crippen LogP contribution in [0.2, 0.25) is 5.02 Å². The van der Waals surface area contributed by atoms with E-state index in [9.17, 15) is 4.79 Å². The third kappa shape index (κ3) is 3.97. The number of aryl methyl sites for hydroxylation is 1. The molecule has 134 valence electrons. The average molecular weight is 368 g/mol. The highest BCUT2D eigenvalue weighted by atomic mass is 35.5. The van der Waals surface area contributed by atoms with Crippen LogP contribution >= 0.6 is 11.6 Å². The van der Waals surface area contributed by atoms with Crippen molar-refractivity contribution in [2.45, 2.75) is 33.1 Å². The molecule has 0 unspecified atom stereocenters. The first-order valence-corrected chi connectivity index (χ1v) is 8.86. The van der Waals surface area contributed by atoms with Crippen molar-refractivity contribution in [3.8, 4) is 5.69 Å². The van der Waals surface area contributed by atoms with Gasteiger partial charge in [0.25, 0.3) is 5.91 Å². The first-order chi connectivity index (χ1) is 12.2. The molecule has 1 N–H and O–H groups in total. The molecule has 3 rings (SSSR count). The van der Waals surface area contributed by atoms with E-state index in [1.165, 1.54) is 5.56 Å². The van der Waals surface area contributed by atoms with Gasteiger partial charge < -0.3 is 5.32 Å². The standard InChI is InChI=1S/C21H22ClN3O/c1-14-12-19(24-25(14)18-7-5-6-17(22)13-18)23-20(26)15-8-10-16(11-9-15)21(2,3)4/h5-13H,1-4H3,(H,23,24,26). The SMILES string of the molecule is Cc1cc(NC(=O)c2ccc(C(C)(C)C)cc2)nn1-c1cccc(Cl)c1. The predicted octanol–water partition coefficient (Wildman–Crippen LogP) is 5.38. The Morgan fingerprint density at radius 1 is 1.08 bits per heavy atom. The zero-order valence-corrected chi connectivity index (χ0v) is 16.1. The van der Waals surface area contributed by atoms with Gasteiger partial charge in [0.1, 0.15) is 0 Å². The number of benzene rings is 2. The Morgan fingerprint density at radius 3 is 2.38 bits per heavy atom. The number of amides is 1. The second-order valence-electron chi connectivity index (χ2n) is 7.34. The van der Waals surface area contributed by atoms with Crippen molar-refractivity contribution in [3.05, 3.63) is 76.4 Å². The fourth-order valence-corrected chi connectivity index (χ4v) is 2.90. The molecule has 0 aliphatic heterocycles. The van der Waals surface area contributed by atoms with E-state index < -0.39 is 0 Å². The largest absolute Gasteiger partial charge is 0.305 e. The Labute approximate surface area is 158 Å². The molecule has 0 spiro atoms. The second kappa shape index (κ2) is 6.96. The smallest absolute Gasteiger partial charge is 0.256 e. The molecule has 2 aromatic carbocycles. The van der Waals surface area contributed by atoms with E-state index in [2.05, 4.69) is 31.2 Å². The fourth-order valence-electron chi connectivity index (χ4n) is 2.71. The van der Waals surface area contributed by atoms with Crippen molar-refractivity contribution in [1.29, 1.82) is 0 Å². The van der Waals surface area contributed by atoms with Crippen molar-refractivity contribution in [3.63, 3.8) is 0 Å². The van der Waals surface area contributed by atoms with Crippen molar-refractivity contribution < 1.29 is 4.79 Å². The van der Waals surface area contributed by atoms with Crippen molar-refractivity contribution in [2.75, 3.05) is 5.32 Å². The van der Waals surface area contributed by atoms with Gasteiger partial charge in [-0.3, -0.25) is 4.79 Å². The van der Waals surface area contributed by atoms with E-state index >= 15 is 0 Å². The van der Waals surface area contributed by atoms with Crippen LogP contribution in [0.1, 0.15) is 42.4 Å². The van der Waals surface area contributed by atoms with E-state index in [1.54, 1.807) is 4.68 Å². The van der Waals surface area contributed by atoms with Crippen molar-refractivity contribution >= 4 is 23.3 Å². The molecule has 0 fully saturated rings. The zero-order chi connectivity index (χ0) is 18.9. The summed E-state index contributed by atoms with van der Waals surface area (Å²) in [5, 5.41) is 7.97. The van der Waals surface area contributed by atoms with Crippen LogP contribution in [0.25, 0.3) is 5.69 Å². The lowest BCUT2D eigenvalue weighted by Crippen LogP contribution is -2.14. The summed E-state index contributed by atoms with van der Waals surface area (Å²) in [6.45, 7) is 8.37. The van der Waals surface area contributed by atoms with Crippen molar-refractivity contribution in [2.24, 2.45) is 0 Å². The molecule has 0 bridgehead atoms. The normalized spacial score (nSPS) is 11.4. The molecule has 1 heterocycles. The Hall–Kier alpha value is -2.59. The van der Waals surface area contributed by atoms with E-state index in [4.69, 9.17) is 11.6 Å². The topological polar surface area (TPSA) is 46.9 Å². The zero-order valence-electron chi connectivity index (χ0n) is 15.4. The summed E-state index contributed by atoms with van der Waals surface area (Å²) in [5.74, 6) is 0.327. The van der Waals surface area contributed by atoms with Gasteiger partial charge in [-0.05, 0) is 48.2 Å². The number of carbonyl (C=O) groups is 1. The molecule has 5 heteroatoms. The Balaban J connectivity index is 1.79. The van der Waals surface area contributed by atoms with Gasteiger partial charge in [0.15, 0.2) is 5.82 Å². The van der Waals surface area contributed by atoms with Crippen LogP contribution in [-0.4, -0.2) is 15.7 Å². The van der Waals surface area contributed by atoms with E-state index in [0.29, 0.717) is 16.4 Å². The van der Waals surface area contributed by atoms with Gasteiger partial charge >= 0.3 is 0 Å². The number of hydrogen-bond donors (Lipinski definition) is 1. The Morgan fingerprint density at radius 2 is 1.77 bits per heavy atom. The van der Waals surface area contributed by atoms with Gasteiger partial charge in [0, 0.05) is 22.3 Å². The lowest BCUT2D eigenvalue weighted by Gasteiger charge is -2.18. The van der Waals surface area contributed by atoms with Crippen LogP contribution in [0, 0.1) is 6.92 Å². The van der Waals surface area contributed by atoms with Gasteiger partial charge in [-0.15, -0.1) is 5.10 Å². The number of nitrogens with zero attached hydrogens (tertiary/aromatic N) is 2. The number of nitrogens with one attached hydrogen (secondary N) is 1. The van der Waals surface area contributed by atoms with E-state index in [1.807, 2.05) is 61.5 Å². The number of aromatic nitrogens is 2. The number of carbonyl (C=O) groups excluding carboxylic acids is 1. The molecule has 0 aliphatic rings. The number of anilines is 1. The first kappa shape index (κ1) is 18.2. The minimum atomic E-state index is -0.179. The van der Waals surface area contributed by atoms with Gasteiger partial charge in [-0.25, -0.2) is 4.68 Å². The Kier molecular flexibility index (Phi) is 4.88. The van der Waals surface area contributed by atoms with Crippen LogP contribution in [-0.2, 0) is 5.41 Å². The maximum absolute atomic E-state index is 12.5. The summed E-state index contributed by atoms with van der Waals surface area (Å²) >= 11 is 6.05. The third-order valence-corrected chi connectivity index (χ3v) is 4.43. The monoisotopic (exact) mass is 367 g/mol. The Bertz CT molecular complexity index is 937. The van der Waals surface area contributed by atoms with Gasteiger partial charge in [-0.1, -0.05) is 50.6 Å². The molecular weight excluding hydrogens is 346 g/mol. The summed E-state index contributed by atoms with van der Waals surface area (Å²) in [7, 11) is 0. The highest BCUT2D eigenvalue weighted by molar-refractivity contribution is 6.30. The van der Waals surface area contributed by atoms with Crippen LogP contribution in [0.4, 0.5) is 5.82 Å². The maximum Gasteiger partial charge on any atom is 0.256 e. The summed E-state index contributed by atoms with van der Waals surface area (Å²) < 4.78 is 1.75. The summed E-state index contributed by atoms with van der Waals surface area (Å²) in [6, 6.07) is 16.9. The van der Waals surface area contributed by atoms with Gasteiger partial charge in [0.05, 0.1) is 5.69 Å². The molecule has 4 nitrogen and oxygen atoms in total.